The number of rotatable bonds is 13. The number of hydrogen-bond acceptors (Lipinski definition) is 6. The molecule has 0 N–H and O–H groups in total. The van der Waals surface area contributed by atoms with E-state index in [-0.39, 0.29) is 27.7 Å². The molecule has 0 saturated carbocycles. The zero-order valence-corrected chi connectivity index (χ0v) is 24.7. The normalized spacial score (nSPS) is 14.3. The molecule has 0 radical (unpaired) electrons. The summed E-state index contributed by atoms with van der Waals surface area (Å²) in [6, 6.07) is 16.2. The van der Waals surface area contributed by atoms with E-state index in [4.69, 9.17) is 7.81 Å². The van der Waals surface area contributed by atoms with Gasteiger partial charge >= 0.3 is 43.5 Å². The maximum atomic E-state index is 14.9. The Kier molecular flexibility index (Phi) is 10.0. The average Bonchev–Trinajstić information content (AvgIpc) is 2.95. The fraction of sp³-hybridized carbons (Fsp3) is 0.308. The summed E-state index contributed by atoms with van der Waals surface area (Å²) in [4.78, 5) is -0.972. The monoisotopic (exact) mass is 698 g/mol. The van der Waals surface area contributed by atoms with E-state index in [1.54, 1.807) is 6.92 Å². The van der Waals surface area contributed by atoms with Crippen LogP contribution in [0, 0.1) is 0 Å². The molecule has 0 fully saturated rings. The van der Waals surface area contributed by atoms with Crippen molar-refractivity contribution in [1.29, 1.82) is 0 Å². The Labute approximate surface area is 248 Å². The van der Waals surface area contributed by atoms with E-state index in [0.29, 0.717) is 6.42 Å². The SMILES string of the molecule is CCCCS(=O)(=O)Oc1ccc(S(OS(=O)(=O)C(F)(F)C(F)(F)C(F)(F)C(F)(F)F)(c2ccccc2)c2ccccc2)cc1. The summed E-state index contributed by atoms with van der Waals surface area (Å²) in [6.07, 6.45) is -6.52. The summed E-state index contributed by atoms with van der Waals surface area (Å²) in [5.74, 6) is -15.7. The number of hydrogen-bond donors (Lipinski definition) is 0. The second-order valence-electron chi connectivity index (χ2n) is 9.04. The van der Waals surface area contributed by atoms with Crippen LogP contribution in [0.4, 0.5) is 39.5 Å². The molecule has 0 amide bonds. The summed E-state index contributed by atoms with van der Waals surface area (Å²) in [6.45, 7) is 1.72. The maximum Gasteiger partial charge on any atom is 0.460 e. The van der Waals surface area contributed by atoms with Crippen LogP contribution in [0.3, 0.4) is 0 Å². The molecule has 18 heteroatoms. The first-order chi connectivity index (χ1) is 20.2. The highest BCUT2D eigenvalue weighted by molar-refractivity contribution is 8.33. The smallest absolute Gasteiger partial charge is 0.382 e. The van der Waals surface area contributed by atoms with Gasteiger partial charge in [-0.25, -0.2) is 3.63 Å². The number of benzene rings is 3. The summed E-state index contributed by atoms with van der Waals surface area (Å²) in [7, 11) is -15.7. The van der Waals surface area contributed by atoms with Gasteiger partial charge in [0.05, 0.1) is 5.75 Å². The molecule has 44 heavy (non-hydrogen) atoms. The number of halogens is 9. The average molecular weight is 699 g/mol. The molecule has 244 valence electrons. The minimum absolute atomic E-state index is 0.244. The van der Waals surface area contributed by atoms with E-state index in [2.05, 4.69) is 0 Å². The molecular weight excluding hydrogens is 675 g/mol. The quantitative estimate of drug-likeness (QED) is 0.132. The predicted molar refractivity (Wildman–Crippen MR) is 142 cm³/mol. The van der Waals surface area contributed by atoms with E-state index < -0.39 is 58.7 Å². The fourth-order valence-corrected chi connectivity index (χ4v) is 9.99. The Morgan fingerprint density at radius 1 is 0.614 bits per heavy atom. The lowest BCUT2D eigenvalue weighted by Crippen LogP contribution is -2.63. The van der Waals surface area contributed by atoms with Crippen LogP contribution in [0.2, 0.25) is 0 Å². The Bertz CT molecular complexity index is 1590. The van der Waals surface area contributed by atoms with Crippen LogP contribution in [0.25, 0.3) is 0 Å². The molecule has 0 aromatic heterocycles. The highest BCUT2D eigenvalue weighted by Gasteiger charge is 2.86. The molecule has 0 saturated heterocycles. The molecule has 0 bridgehead atoms. The van der Waals surface area contributed by atoms with Crippen molar-refractivity contribution in [1.82, 2.24) is 0 Å². The van der Waals surface area contributed by atoms with Gasteiger partial charge in [-0.15, -0.1) is 0 Å². The minimum atomic E-state index is -7.53. The Hall–Kier alpha value is -2.96. The van der Waals surface area contributed by atoms with Crippen molar-refractivity contribution in [2.45, 2.75) is 57.7 Å². The van der Waals surface area contributed by atoms with Crippen LogP contribution in [0.15, 0.2) is 99.6 Å². The molecule has 0 unspecified atom stereocenters. The van der Waals surface area contributed by atoms with E-state index in [9.17, 15) is 56.3 Å². The topological polar surface area (TPSA) is 86.7 Å². The summed E-state index contributed by atoms with van der Waals surface area (Å²) in [5, 5.41) is -7.13. The minimum Gasteiger partial charge on any atom is -0.382 e. The largest absolute Gasteiger partial charge is 0.460 e. The van der Waals surface area contributed by atoms with Crippen LogP contribution >= 0.6 is 10.3 Å². The van der Waals surface area contributed by atoms with Gasteiger partial charge in [0, 0.05) is 14.7 Å². The van der Waals surface area contributed by atoms with Crippen LogP contribution in [-0.2, 0) is 23.9 Å². The Balaban J connectivity index is 2.28. The molecule has 3 aromatic rings. The maximum absolute atomic E-state index is 14.9. The van der Waals surface area contributed by atoms with E-state index >= 15 is 0 Å². The van der Waals surface area contributed by atoms with Crippen LogP contribution in [0.5, 0.6) is 5.75 Å². The van der Waals surface area contributed by atoms with Crippen molar-refractivity contribution in [3.8, 4) is 5.75 Å². The Morgan fingerprint density at radius 3 is 1.45 bits per heavy atom. The van der Waals surface area contributed by atoms with Crippen LogP contribution < -0.4 is 4.18 Å². The molecule has 0 aliphatic heterocycles. The highest BCUT2D eigenvalue weighted by Crippen LogP contribution is 2.71. The molecule has 3 rings (SSSR count). The third kappa shape index (κ3) is 6.53. The molecule has 3 aromatic carbocycles. The van der Waals surface area contributed by atoms with Crippen molar-refractivity contribution in [2.24, 2.45) is 0 Å². The predicted octanol–water partition coefficient (Wildman–Crippen LogP) is 8.16. The van der Waals surface area contributed by atoms with Crippen molar-refractivity contribution in [3.63, 3.8) is 0 Å². The van der Waals surface area contributed by atoms with Gasteiger partial charge in [-0.05, 0) is 65.3 Å². The highest BCUT2D eigenvalue weighted by atomic mass is 32.3. The van der Waals surface area contributed by atoms with Crippen LogP contribution in [0.1, 0.15) is 19.8 Å². The van der Waals surface area contributed by atoms with Gasteiger partial charge in [0.15, 0.2) is 0 Å². The first-order valence-corrected chi connectivity index (χ1v) is 16.8. The lowest BCUT2D eigenvalue weighted by atomic mass is 10.1. The summed E-state index contributed by atoms with van der Waals surface area (Å²) in [5.41, 5.74) is 0. The molecular formula is C26H23F9O6S3. The molecule has 0 atom stereocenters. The van der Waals surface area contributed by atoms with Gasteiger partial charge in [-0.2, -0.15) is 56.3 Å². The van der Waals surface area contributed by atoms with Gasteiger partial charge in [0.1, 0.15) is 5.75 Å². The summed E-state index contributed by atoms with van der Waals surface area (Å²) >= 11 is 0. The van der Waals surface area contributed by atoms with Crippen molar-refractivity contribution < 1.29 is 64.2 Å². The first-order valence-electron chi connectivity index (χ1n) is 12.3. The van der Waals surface area contributed by atoms with Gasteiger partial charge in [0.25, 0.3) is 0 Å². The van der Waals surface area contributed by atoms with E-state index in [0.717, 1.165) is 48.5 Å². The number of unbranched alkanes of at least 4 members (excludes halogenated alkanes) is 1. The number of alkyl halides is 9. The molecule has 0 spiro atoms. The lowest BCUT2D eigenvalue weighted by Gasteiger charge is -2.41. The van der Waals surface area contributed by atoms with Gasteiger partial charge in [-0.1, -0.05) is 49.7 Å². The molecule has 6 nitrogen and oxygen atoms in total. The van der Waals surface area contributed by atoms with Gasteiger partial charge in [-0.3, -0.25) is 0 Å². The molecule has 0 aliphatic carbocycles. The van der Waals surface area contributed by atoms with Crippen molar-refractivity contribution in [2.75, 3.05) is 5.75 Å². The second kappa shape index (κ2) is 12.4. The Morgan fingerprint density at radius 2 is 1.05 bits per heavy atom. The fourth-order valence-electron chi connectivity index (χ4n) is 3.64. The lowest BCUT2D eigenvalue weighted by molar-refractivity contribution is -0.382. The molecule has 0 aliphatic rings. The van der Waals surface area contributed by atoms with E-state index in [1.807, 2.05) is 0 Å². The third-order valence-corrected chi connectivity index (χ3v) is 12.4. The molecule has 0 heterocycles. The zero-order valence-electron chi connectivity index (χ0n) is 22.3. The van der Waals surface area contributed by atoms with Gasteiger partial charge < -0.3 is 4.18 Å². The van der Waals surface area contributed by atoms with Crippen LogP contribution in [-0.4, -0.2) is 45.9 Å². The summed E-state index contributed by atoms with van der Waals surface area (Å²) < 4.78 is 184. The second-order valence-corrected chi connectivity index (χ2v) is 15.2. The van der Waals surface area contributed by atoms with Crippen molar-refractivity contribution >= 4 is 30.5 Å². The standard InChI is InChI=1S/C26H23F9O6S3/c1-2-3-18-42(36,37)40-19-14-16-22(17-15-19)43(20-10-6-4-7-11-20,21-12-8-5-9-13-21)41-44(38,39)26(34,35)24(29,30)23(27,28)25(31,32)33/h4-17H,2-3,18H2,1H3. The zero-order chi connectivity index (χ0) is 33.2. The van der Waals surface area contributed by atoms with Crippen molar-refractivity contribution in [3.05, 3.63) is 84.9 Å². The van der Waals surface area contributed by atoms with Gasteiger partial charge in [0.2, 0.25) is 0 Å². The third-order valence-electron chi connectivity index (χ3n) is 5.90. The first kappa shape index (κ1) is 35.5. The van der Waals surface area contributed by atoms with E-state index in [1.165, 1.54) is 36.4 Å².